The Morgan fingerprint density at radius 2 is 1.29 bits per heavy atom. The van der Waals surface area contributed by atoms with Gasteiger partial charge in [-0.05, 0) is 56.4 Å². The van der Waals surface area contributed by atoms with Crippen LogP contribution in [-0.2, 0) is 26.4 Å². The van der Waals surface area contributed by atoms with Crippen LogP contribution < -0.4 is 9.47 Å². The van der Waals surface area contributed by atoms with Crippen molar-refractivity contribution in [2.24, 2.45) is 17.8 Å². The molecule has 1 aliphatic heterocycles. The molecule has 0 atom stereocenters. The standard InChI is InChI=1S/C29H29F11O5/c1-2-3-16-14-41-25(42-15-16)17-4-6-18(7-5-17)26(32,33)43-20-10-8-19(9-11-20)27(34,35)44-21-12-22(30)24(23(31)13-21)28(36,37)45-29(38,39)40/h8-13,16-18,25H,2-7,14-15H2,1H3. The van der Waals surface area contributed by atoms with Crippen molar-refractivity contribution < 1.29 is 72.0 Å². The van der Waals surface area contributed by atoms with Crippen LogP contribution in [0.15, 0.2) is 36.4 Å². The largest absolute Gasteiger partial charge is 0.527 e. The minimum Gasteiger partial charge on any atom is -0.432 e. The minimum atomic E-state index is -5.98. The summed E-state index contributed by atoms with van der Waals surface area (Å²) < 4.78 is 174. The van der Waals surface area contributed by atoms with E-state index in [0.29, 0.717) is 44.1 Å². The Balaban J connectivity index is 1.34. The summed E-state index contributed by atoms with van der Waals surface area (Å²) in [6, 6.07) is 2.42. The maximum Gasteiger partial charge on any atom is 0.527 e. The fourth-order valence-corrected chi connectivity index (χ4v) is 5.38. The third kappa shape index (κ3) is 8.91. The van der Waals surface area contributed by atoms with Gasteiger partial charge in [-0.1, -0.05) is 13.3 Å². The second-order valence-corrected chi connectivity index (χ2v) is 10.9. The molecular formula is C29H29F11O5. The molecule has 16 heteroatoms. The zero-order chi connectivity index (χ0) is 33.2. The van der Waals surface area contributed by atoms with E-state index in [1.807, 2.05) is 0 Å². The van der Waals surface area contributed by atoms with Gasteiger partial charge in [0.25, 0.3) is 0 Å². The molecule has 0 unspecified atom stereocenters. The predicted molar refractivity (Wildman–Crippen MR) is 133 cm³/mol. The Morgan fingerprint density at radius 1 is 0.733 bits per heavy atom. The average Bonchev–Trinajstić information content (AvgIpc) is 2.92. The van der Waals surface area contributed by atoms with Crippen LogP contribution in [-0.4, -0.2) is 32.0 Å². The summed E-state index contributed by atoms with van der Waals surface area (Å²) in [7, 11) is 0. The molecule has 1 saturated carbocycles. The Kier molecular flexibility index (Phi) is 10.5. The molecular weight excluding hydrogens is 637 g/mol. The zero-order valence-corrected chi connectivity index (χ0v) is 23.6. The van der Waals surface area contributed by atoms with Crippen LogP contribution in [0.25, 0.3) is 0 Å². The van der Waals surface area contributed by atoms with Gasteiger partial charge in [0.05, 0.1) is 24.7 Å². The second-order valence-electron chi connectivity index (χ2n) is 10.9. The van der Waals surface area contributed by atoms with Crippen LogP contribution >= 0.6 is 0 Å². The SMILES string of the molecule is CCCC1COC(C2CCC(C(F)(F)Oc3ccc(C(F)(F)Oc4cc(F)c(C(F)(F)OC(F)(F)F)c(F)c4)cc3)CC2)OC1. The van der Waals surface area contributed by atoms with Gasteiger partial charge in [-0.2, -0.15) is 26.3 Å². The van der Waals surface area contributed by atoms with Crippen molar-refractivity contribution in [1.82, 2.24) is 0 Å². The first-order chi connectivity index (χ1) is 20.9. The van der Waals surface area contributed by atoms with E-state index in [0.717, 1.165) is 25.0 Å². The summed E-state index contributed by atoms with van der Waals surface area (Å²) >= 11 is 0. The van der Waals surface area contributed by atoms with E-state index >= 15 is 0 Å². The van der Waals surface area contributed by atoms with Crippen molar-refractivity contribution in [3.8, 4) is 11.5 Å². The third-order valence-corrected chi connectivity index (χ3v) is 7.56. The molecule has 45 heavy (non-hydrogen) atoms. The lowest BCUT2D eigenvalue weighted by Gasteiger charge is -2.39. The quantitative estimate of drug-likeness (QED) is 0.224. The van der Waals surface area contributed by atoms with Gasteiger partial charge in [0, 0.05) is 24.0 Å². The molecule has 0 N–H and O–H groups in total. The van der Waals surface area contributed by atoms with Crippen molar-refractivity contribution in [3.05, 3.63) is 59.2 Å². The molecule has 252 valence electrons. The molecule has 2 aromatic rings. The van der Waals surface area contributed by atoms with E-state index in [-0.39, 0.29) is 30.9 Å². The monoisotopic (exact) mass is 666 g/mol. The van der Waals surface area contributed by atoms with Crippen molar-refractivity contribution in [2.45, 2.75) is 76.4 Å². The topological polar surface area (TPSA) is 46.2 Å². The van der Waals surface area contributed by atoms with Crippen LogP contribution in [0.3, 0.4) is 0 Å². The number of hydrogen-bond donors (Lipinski definition) is 0. The summed E-state index contributed by atoms with van der Waals surface area (Å²) in [6.07, 6.45) is -17.0. The highest BCUT2D eigenvalue weighted by Gasteiger charge is 2.50. The first-order valence-corrected chi connectivity index (χ1v) is 14.0. The van der Waals surface area contributed by atoms with Gasteiger partial charge < -0.3 is 18.9 Å². The van der Waals surface area contributed by atoms with Crippen LogP contribution in [0.2, 0.25) is 0 Å². The Hall–Kier alpha value is -2.85. The van der Waals surface area contributed by atoms with Crippen LogP contribution in [0.4, 0.5) is 48.3 Å². The van der Waals surface area contributed by atoms with Gasteiger partial charge in [-0.25, -0.2) is 13.5 Å². The van der Waals surface area contributed by atoms with Crippen LogP contribution in [0, 0.1) is 29.4 Å². The van der Waals surface area contributed by atoms with E-state index in [1.54, 1.807) is 0 Å². The summed E-state index contributed by atoms with van der Waals surface area (Å²) in [6.45, 7) is 3.17. The number of rotatable bonds is 11. The summed E-state index contributed by atoms with van der Waals surface area (Å²) in [5.74, 6) is -7.49. The van der Waals surface area contributed by atoms with Crippen LogP contribution in [0.1, 0.15) is 56.6 Å². The first-order valence-electron chi connectivity index (χ1n) is 14.0. The van der Waals surface area contributed by atoms with Crippen molar-refractivity contribution in [1.29, 1.82) is 0 Å². The second kappa shape index (κ2) is 13.5. The summed E-state index contributed by atoms with van der Waals surface area (Å²) in [5.41, 5.74) is -3.49. The molecule has 2 aliphatic rings. The molecule has 2 fully saturated rings. The van der Waals surface area contributed by atoms with Crippen molar-refractivity contribution in [2.75, 3.05) is 13.2 Å². The first kappa shape index (κ1) is 35.0. The molecule has 0 amide bonds. The van der Waals surface area contributed by atoms with Crippen molar-refractivity contribution >= 4 is 0 Å². The van der Waals surface area contributed by atoms with E-state index in [1.165, 1.54) is 0 Å². The number of benzene rings is 2. The molecule has 2 aromatic carbocycles. The highest BCUT2D eigenvalue weighted by molar-refractivity contribution is 5.34. The summed E-state index contributed by atoms with van der Waals surface area (Å²) in [5, 5.41) is 0. The van der Waals surface area contributed by atoms with Gasteiger partial charge in [0.1, 0.15) is 28.7 Å². The fraction of sp³-hybridized carbons (Fsp3) is 0.586. The lowest BCUT2D eigenvalue weighted by Crippen LogP contribution is -2.42. The predicted octanol–water partition coefficient (Wildman–Crippen LogP) is 9.25. The maximum atomic E-state index is 15.0. The number of ether oxygens (including phenoxy) is 5. The third-order valence-electron chi connectivity index (χ3n) is 7.56. The lowest BCUT2D eigenvalue weighted by atomic mass is 9.80. The van der Waals surface area contributed by atoms with Gasteiger partial charge >= 0.3 is 24.7 Å². The molecule has 1 aliphatic carbocycles. The van der Waals surface area contributed by atoms with E-state index < -0.39 is 71.2 Å². The molecule has 4 rings (SSSR count). The van der Waals surface area contributed by atoms with Crippen LogP contribution in [0.5, 0.6) is 11.5 Å². The van der Waals surface area contributed by atoms with Gasteiger partial charge in [0.2, 0.25) is 0 Å². The number of alkyl halides is 9. The van der Waals surface area contributed by atoms with Gasteiger partial charge in [-0.3, -0.25) is 0 Å². The maximum absolute atomic E-state index is 15.0. The highest BCUT2D eigenvalue weighted by atomic mass is 19.4. The fourth-order valence-electron chi connectivity index (χ4n) is 5.38. The molecule has 0 radical (unpaired) electrons. The molecule has 0 bridgehead atoms. The lowest BCUT2D eigenvalue weighted by molar-refractivity contribution is -0.432. The average molecular weight is 667 g/mol. The molecule has 1 saturated heterocycles. The number of hydrogen-bond acceptors (Lipinski definition) is 5. The van der Waals surface area contributed by atoms with Gasteiger partial charge in [-0.15, -0.1) is 13.2 Å². The minimum absolute atomic E-state index is 0.0518. The summed E-state index contributed by atoms with van der Waals surface area (Å²) in [4.78, 5) is 0. The zero-order valence-electron chi connectivity index (χ0n) is 23.6. The van der Waals surface area contributed by atoms with E-state index in [4.69, 9.17) is 14.2 Å². The van der Waals surface area contributed by atoms with Gasteiger partial charge in [0.15, 0.2) is 6.29 Å². The molecule has 5 nitrogen and oxygen atoms in total. The Bertz CT molecular complexity index is 1250. The highest BCUT2D eigenvalue weighted by Crippen LogP contribution is 2.44. The van der Waals surface area contributed by atoms with Crippen molar-refractivity contribution in [3.63, 3.8) is 0 Å². The Labute approximate surface area is 250 Å². The van der Waals surface area contributed by atoms with E-state index in [2.05, 4.69) is 16.4 Å². The molecule has 0 aromatic heterocycles. The Morgan fingerprint density at radius 3 is 1.80 bits per heavy atom. The molecule has 0 spiro atoms. The smallest absolute Gasteiger partial charge is 0.432 e. The van der Waals surface area contributed by atoms with E-state index in [9.17, 15) is 48.3 Å². The normalized spacial score (nSPS) is 23.6. The molecule has 1 heterocycles. The number of halogens is 11.